The quantitative estimate of drug-likeness (QED) is 0.122. The number of anilines is 5. The summed E-state index contributed by atoms with van der Waals surface area (Å²) in [6, 6.07) is 22.1. The maximum Gasteiger partial charge on any atom is 0.186 e. The minimum absolute atomic E-state index is 0.605. The molecule has 4 aliphatic rings. The summed E-state index contributed by atoms with van der Waals surface area (Å²) >= 11 is 6.93. The van der Waals surface area contributed by atoms with Crippen molar-refractivity contribution in [1.82, 2.24) is 38.9 Å². The fourth-order valence-electron chi connectivity index (χ4n) is 10.0. The molecule has 352 valence electrons. The second-order valence-corrected chi connectivity index (χ2v) is 21.3. The number of morpholine rings is 2. The van der Waals surface area contributed by atoms with E-state index in [0.717, 1.165) is 133 Å². The lowest BCUT2D eigenvalue weighted by atomic mass is 9.91. The average molecular weight is 1010 g/mol. The van der Waals surface area contributed by atoms with E-state index in [9.17, 15) is 0 Å². The Morgan fingerprint density at radius 2 is 1.15 bits per heavy atom. The lowest BCUT2D eigenvalue weighted by molar-refractivity contribution is 0.122. The van der Waals surface area contributed by atoms with Crippen molar-refractivity contribution in [3.8, 4) is 0 Å². The molecule has 2 aliphatic heterocycles. The number of thiazole rings is 2. The van der Waals surface area contributed by atoms with Gasteiger partial charge in [-0.1, -0.05) is 22.7 Å². The van der Waals surface area contributed by atoms with Crippen LogP contribution in [0.5, 0.6) is 0 Å². The summed E-state index contributed by atoms with van der Waals surface area (Å²) < 4.78 is 18.7. The van der Waals surface area contributed by atoms with Gasteiger partial charge in [-0.15, -0.1) is 0 Å². The largest absolute Gasteiger partial charge is 0.399 e. The highest BCUT2D eigenvalue weighted by Crippen LogP contribution is 2.36. The molecule has 0 unspecified atom stereocenters. The van der Waals surface area contributed by atoms with Gasteiger partial charge in [0.15, 0.2) is 10.3 Å². The first-order chi connectivity index (χ1) is 32.5. The molecule has 0 saturated carbocycles. The Labute approximate surface area is 408 Å². The van der Waals surface area contributed by atoms with Crippen LogP contribution in [0.15, 0.2) is 65.3 Å². The number of aromatic nitrogens is 6. The van der Waals surface area contributed by atoms with E-state index in [1.165, 1.54) is 55.5 Å². The minimum Gasteiger partial charge on any atom is -0.399 e. The van der Waals surface area contributed by atoms with Gasteiger partial charge in [-0.05, 0) is 154 Å². The van der Waals surface area contributed by atoms with E-state index in [2.05, 4.69) is 139 Å². The molecule has 2 atom stereocenters. The monoisotopic (exact) mass is 1000 g/mol. The van der Waals surface area contributed by atoms with Gasteiger partial charge in [0.1, 0.15) is 21.7 Å². The molecule has 2 saturated heterocycles. The number of benzene rings is 2. The second-order valence-electron chi connectivity index (χ2n) is 18.5. The molecule has 67 heavy (non-hydrogen) atoms. The smallest absolute Gasteiger partial charge is 0.186 e. The maximum absolute atomic E-state index is 5.74. The van der Waals surface area contributed by atoms with E-state index in [1.807, 2.05) is 24.3 Å². The van der Waals surface area contributed by atoms with Crippen LogP contribution in [0.3, 0.4) is 0 Å². The number of hydrogen-bond donors (Lipinski definition) is 2. The molecule has 8 aromatic rings. The van der Waals surface area contributed by atoms with Crippen LogP contribution in [0.4, 0.5) is 27.5 Å². The third-order valence-corrected chi connectivity index (χ3v) is 16.5. The molecule has 8 heterocycles. The number of nitrogens with one attached hydrogen (secondary N) is 1. The number of aryl methyl sites for hydroxylation is 2. The normalized spacial score (nSPS) is 18.6. The van der Waals surface area contributed by atoms with Crippen LogP contribution in [0, 0.1) is 0 Å². The second kappa shape index (κ2) is 19.6. The van der Waals surface area contributed by atoms with Crippen molar-refractivity contribution in [2.75, 3.05) is 102 Å². The number of ether oxygens (including phenoxy) is 2. The Bertz CT molecular complexity index is 3040. The van der Waals surface area contributed by atoms with Crippen LogP contribution < -0.4 is 20.9 Å². The average Bonchev–Trinajstić information content (AvgIpc) is 4.11. The third-order valence-electron chi connectivity index (χ3n) is 13.9. The molecule has 6 aromatic heterocycles. The van der Waals surface area contributed by atoms with Gasteiger partial charge in [0.05, 0.1) is 46.9 Å². The van der Waals surface area contributed by atoms with Crippen LogP contribution in [-0.2, 0) is 49.3 Å². The lowest BCUT2D eigenvalue weighted by Gasteiger charge is -2.28. The molecule has 3 N–H and O–H groups in total. The predicted octanol–water partition coefficient (Wildman–Crippen LogP) is 8.65. The number of nitrogens with zero attached hydrogens (tertiary/aromatic N) is 10. The Kier molecular flexibility index (Phi) is 13.4. The first kappa shape index (κ1) is 45.9. The predicted molar refractivity (Wildman–Crippen MR) is 281 cm³/mol. The zero-order valence-corrected chi connectivity index (χ0v) is 42.6. The van der Waals surface area contributed by atoms with Gasteiger partial charge in [0.25, 0.3) is 0 Å². The number of halogens is 1. The van der Waals surface area contributed by atoms with Crippen LogP contribution in [0.1, 0.15) is 35.4 Å². The van der Waals surface area contributed by atoms with Crippen molar-refractivity contribution >= 4 is 109 Å². The fraction of sp³-hybridized carbons (Fsp3) is 0.440. The van der Waals surface area contributed by atoms with Crippen molar-refractivity contribution in [3.05, 3.63) is 87.8 Å². The van der Waals surface area contributed by atoms with E-state index in [4.69, 9.17) is 25.2 Å². The molecule has 2 fully saturated rings. The number of fused-ring (bicyclic) bond motifs is 8. The molecule has 2 aromatic carbocycles. The Hall–Kier alpha value is -4.88. The molecule has 14 nitrogen and oxygen atoms in total. The fourth-order valence-corrected chi connectivity index (χ4v) is 12.3. The Morgan fingerprint density at radius 1 is 0.642 bits per heavy atom. The van der Waals surface area contributed by atoms with Crippen LogP contribution >= 0.6 is 38.6 Å². The highest BCUT2D eigenvalue weighted by Gasteiger charge is 2.28. The molecule has 0 amide bonds. The van der Waals surface area contributed by atoms with Gasteiger partial charge in [-0.3, -0.25) is 0 Å². The zero-order valence-electron chi connectivity index (χ0n) is 39.4. The summed E-state index contributed by atoms with van der Waals surface area (Å²) in [6.45, 7) is 6.79. The van der Waals surface area contributed by atoms with Gasteiger partial charge in [0.2, 0.25) is 0 Å². The number of nitrogen functional groups attached to an aromatic ring is 1. The zero-order chi connectivity index (χ0) is 46.3. The first-order valence-corrected chi connectivity index (χ1v) is 25.8. The summed E-state index contributed by atoms with van der Waals surface area (Å²) in [5, 5.41) is 8.27. The van der Waals surface area contributed by atoms with Crippen molar-refractivity contribution < 1.29 is 9.47 Å². The minimum atomic E-state index is 0.605. The number of hydrogen-bond acceptors (Lipinski definition) is 14. The van der Waals surface area contributed by atoms with E-state index < -0.39 is 0 Å². The van der Waals surface area contributed by atoms with Gasteiger partial charge >= 0.3 is 0 Å². The van der Waals surface area contributed by atoms with Gasteiger partial charge < -0.3 is 49.3 Å². The van der Waals surface area contributed by atoms with Crippen LogP contribution in [-0.4, -0.2) is 132 Å². The number of pyridine rings is 2. The maximum atomic E-state index is 5.74. The molecular formula is C50H61BrN12O2S2. The molecule has 17 heteroatoms. The van der Waals surface area contributed by atoms with Crippen molar-refractivity contribution in [1.29, 1.82) is 0 Å². The standard InChI is InChI=1S/C25H30N6OS.C14H18BrN3.C11H13N3OS/c1-29(2)17-5-7-21-19(15-17)18-6-9-23(28-24(18)30(21)3)26-16-4-8-22-20(14-16)27-25(33-22)31-10-12-32-13-11-31;1-17(2)9-4-6-12-11(8-9)10-5-7-13(15)16-14(10)18(12)3;12-8-1-2-10-9(7-8)13-11(16-10)14-3-5-15-6-4-14/h4,6,8-9,14,17H,5,7,10-13,15H2,1-3H3,(H,26,28);5,7,9H,4,6,8H2,1-3H3;1-2,7H,3-6,12H2/t17-;9-;/m11./s1. The van der Waals surface area contributed by atoms with Gasteiger partial charge in [-0.2, -0.15) is 0 Å². The number of likely N-dealkylation sites (N-methyl/N-ethyl adjacent to an activating group) is 2. The van der Waals surface area contributed by atoms with Gasteiger partial charge in [0, 0.05) is 85.9 Å². The highest BCUT2D eigenvalue weighted by molar-refractivity contribution is 9.10. The summed E-state index contributed by atoms with van der Waals surface area (Å²) in [5.74, 6) is 0.868. The van der Waals surface area contributed by atoms with Crippen molar-refractivity contribution in [2.45, 2.75) is 50.6 Å². The summed E-state index contributed by atoms with van der Waals surface area (Å²) in [4.78, 5) is 28.4. The molecular weight excluding hydrogens is 945 g/mol. The summed E-state index contributed by atoms with van der Waals surface area (Å²) in [6.07, 6.45) is 6.95. The Balaban J connectivity index is 0.000000130. The third kappa shape index (κ3) is 9.61. The topological polar surface area (TPSA) is 131 Å². The SMILES string of the molecule is CN(C)[C@@H]1CCc2c(c3ccc(Br)nc3n2C)C1.CN(C)[C@@H]1CCc2c(c3ccc(Nc4ccc5sc(N6CCOCC6)nc5c4)nc3n2C)C1.Nc1ccc2sc(N3CCOCC3)nc2c1. The molecule has 12 rings (SSSR count). The molecule has 0 bridgehead atoms. The molecule has 0 radical (unpaired) electrons. The van der Waals surface area contributed by atoms with E-state index in [-0.39, 0.29) is 0 Å². The Morgan fingerprint density at radius 3 is 1.70 bits per heavy atom. The number of nitrogens with two attached hydrogens (primary N) is 1. The van der Waals surface area contributed by atoms with E-state index in [1.54, 1.807) is 22.7 Å². The van der Waals surface area contributed by atoms with E-state index in [0.29, 0.717) is 12.1 Å². The first-order valence-electron chi connectivity index (χ1n) is 23.4. The van der Waals surface area contributed by atoms with E-state index >= 15 is 0 Å². The highest BCUT2D eigenvalue weighted by atomic mass is 79.9. The van der Waals surface area contributed by atoms with Gasteiger partial charge in [-0.25, -0.2) is 19.9 Å². The van der Waals surface area contributed by atoms with Crippen LogP contribution in [0.25, 0.3) is 42.5 Å². The number of rotatable bonds is 6. The molecule has 2 aliphatic carbocycles. The van der Waals surface area contributed by atoms with Crippen LogP contribution in [0.2, 0.25) is 0 Å². The van der Waals surface area contributed by atoms with Crippen molar-refractivity contribution in [3.63, 3.8) is 0 Å². The van der Waals surface area contributed by atoms with Crippen molar-refractivity contribution in [2.24, 2.45) is 14.1 Å². The molecule has 0 spiro atoms. The summed E-state index contributed by atoms with van der Waals surface area (Å²) in [5.41, 5.74) is 17.6. The summed E-state index contributed by atoms with van der Waals surface area (Å²) in [7, 11) is 13.0. The lowest BCUT2D eigenvalue weighted by Crippen LogP contribution is -2.36.